The molecule has 0 bridgehead atoms. The van der Waals surface area contributed by atoms with E-state index in [4.69, 9.17) is 4.42 Å². The lowest BCUT2D eigenvalue weighted by Gasteiger charge is -2.23. The molecule has 0 saturated heterocycles. The maximum Gasteiger partial charge on any atom is 0.433 e. The van der Waals surface area contributed by atoms with Gasteiger partial charge >= 0.3 is 5.88 Å². The van der Waals surface area contributed by atoms with Crippen LogP contribution in [0.4, 0.5) is 5.88 Å². The van der Waals surface area contributed by atoms with Gasteiger partial charge in [-0.25, -0.2) is 0 Å². The summed E-state index contributed by atoms with van der Waals surface area (Å²) in [5, 5.41) is 13.9. The minimum Gasteiger partial charge on any atom is -0.404 e. The lowest BCUT2D eigenvalue weighted by atomic mass is 10.0. The number of rotatable bonds is 8. The van der Waals surface area contributed by atoms with E-state index in [0.717, 1.165) is 13.0 Å². The van der Waals surface area contributed by atoms with Gasteiger partial charge in [0.2, 0.25) is 0 Å². The van der Waals surface area contributed by atoms with Crippen molar-refractivity contribution in [3.63, 3.8) is 0 Å². The Labute approximate surface area is 113 Å². The van der Waals surface area contributed by atoms with Gasteiger partial charge in [0, 0.05) is 12.6 Å². The average Bonchev–Trinajstić information content (AvgIpc) is 2.73. The third-order valence-corrected chi connectivity index (χ3v) is 2.73. The van der Waals surface area contributed by atoms with Crippen molar-refractivity contribution in [3.8, 4) is 0 Å². The molecule has 1 aromatic heterocycles. The second kappa shape index (κ2) is 7.25. The van der Waals surface area contributed by atoms with E-state index in [1.54, 1.807) is 6.07 Å². The monoisotopic (exact) mass is 269 g/mol. The Kier molecular flexibility index (Phi) is 5.98. The van der Waals surface area contributed by atoms with Crippen molar-refractivity contribution in [2.45, 2.75) is 32.9 Å². The second-order valence-corrected chi connectivity index (χ2v) is 5.47. The normalized spacial score (nSPS) is 13.2. The highest BCUT2D eigenvalue weighted by Gasteiger charge is 2.15. The molecule has 1 atom stereocenters. The Morgan fingerprint density at radius 2 is 2.11 bits per heavy atom. The summed E-state index contributed by atoms with van der Waals surface area (Å²) < 4.78 is 5.13. The van der Waals surface area contributed by atoms with Crippen molar-refractivity contribution in [1.82, 2.24) is 10.2 Å². The van der Waals surface area contributed by atoms with Gasteiger partial charge in [-0.15, -0.1) is 0 Å². The standard InChI is InChI=1S/C13H23N3O3/c1-10(2)7-11(9-15(3)4)14-8-12-5-6-13(19-12)16(17)18/h5-6,10-11,14H,7-9H2,1-4H3. The Morgan fingerprint density at radius 1 is 1.42 bits per heavy atom. The topological polar surface area (TPSA) is 71.5 Å². The number of hydrogen-bond donors (Lipinski definition) is 1. The van der Waals surface area contributed by atoms with E-state index in [0.29, 0.717) is 24.3 Å². The zero-order valence-corrected chi connectivity index (χ0v) is 12.0. The van der Waals surface area contributed by atoms with Gasteiger partial charge < -0.3 is 14.6 Å². The molecule has 0 saturated carbocycles. The first-order valence-corrected chi connectivity index (χ1v) is 6.49. The van der Waals surface area contributed by atoms with Gasteiger partial charge in [-0.05, 0) is 32.5 Å². The SMILES string of the molecule is CC(C)CC(CN(C)C)NCc1ccc([N+](=O)[O-])o1. The largest absolute Gasteiger partial charge is 0.433 e. The van der Waals surface area contributed by atoms with Crippen molar-refractivity contribution >= 4 is 5.88 Å². The van der Waals surface area contributed by atoms with Gasteiger partial charge in [-0.1, -0.05) is 13.8 Å². The van der Waals surface area contributed by atoms with Gasteiger partial charge in [0.05, 0.1) is 12.6 Å². The highest BCUT2D eigenvalue weighted by molar-refractivity contribution is 5.17. The summed E-state index contributed by atoms with van der Waals surface area (Å²) in [4.78, 5) is 12.1. The minimum absolute atomic E-state index is 0.204. The van der Waals surface area contributed by atoms with Gasteiger partial charge in [0.25, 0.3) is 0 Å². The highest BCUT2D eigenvalue weighted by atomic mass is 16.6. The summed E-state index contributed by atoms with van der Waals surface area (Å²) in [7, 11) is 4.07. The Balaban J connectivity index is 2.51. The summed E-state index contributed by atoms with van der Waals surface area (Å²) in [6.45, 7) is 5.81. The van der Waals surface area contributed by atoms with E-state index >= 15 is 0 Å². The fourth-order valence-corrected chi connectivity index (χ4v) is 2.04. The highest BCUT2D eigenvalue weighted by Crippen LogP contribution is 2.16. The van der Waals surface area contributed by atoms with Crippen LogP contribution in [-0.4, -0.2) is 36.5 Å². The van der Waals surface area contributed by atoms with E-state index in [-0.39, 0.29) is 5.88 Å². The number of hydrogen-bond acceptors (Lipinski definition) is 5. The second-order valence-electron chi connectivity index (χ2n) is 5.47. The smallest absolute Gasteiger partial charge is 0.404 e. The molecule has 108 valence electrons. The molecule has 1 aromatic rings. The molecule has 1 heterocycles. The summed E-state index contributed by atoms with van der Waals surface area (Å²) in [5.74, 6) is 0.993. The first kappa shape index (κ1) is 15.7. The lowest BCUT2D eigenvalue weighted by Crippen LogP contribution is -2.38. The maximum absolute atomic E-state index is 10.5. The van der Waals surface area contributed by atoms with Crippen LogP contribution >= 0.6 is 0 Å². The van der Waals surface area contributed by atoms with Crippen molar-refractivity contribution in [2.75, 3.05) is 20.6 Å². The van der Waals surface area contributed by atoms with E-state index in [2.05, 4.69) is 24.1 Å². The first-order valence-electron chi connectivity index (χ1n) is 6.49. The average molecular weight is 269 g/mol. The molecule has 0 aliphatic heterocycles. The molecule has 0 aliphatic rings. The Hall–Kier alpha value is -1.40. The van der Waals surface area contributed by atoms with Crippen molar-refractivity contribution in [1.29, 1.82) is 0 Å². The van der Waals surface area contributed by atoms with Crippen LogP contribution < -0.4 is 5.32 Å². The van der Waals surface area contributed by atoms with Crippen LogP contribution in [0.3, 0.4) is 0 Å². The number of nitrogens with one attached hydrogen (secondary N) is 1. The van der Waals surface area contributed by atoms with E-state index in [9.17, 15) is 10.1 Å². The quantitative estimate of drug-likeness (QED) is 0.579. The number of furan rings is 1. The molecular weight excluding hydrogens is 246 g/mol. The number of likely N-dealkylation sites (N-methyl/N-ethyl adjacent to an activating group) is 1. The molecule has 0 aliphatic carbocycles. The summed E-state index contributed by atoms with van der Waals surface area (Å²) >= 11 is 0. The summed E-state index contributed by atoms with van der Waals surface area (Å²) in [6.07, 6.45) is 1.06. The minimum atomic E-state index is -0.519. The molecule has 6 nitrogen and oxygen atoms in total. The molecule has 0 spiro atoms. The molecule has 0 fully saturated rings. The number of nitro groups is 1. The fraction of sp³-hybridized carbons (Fsp3) is 0.692. The Morgan fingerprint density at radius 3 is 2.58 bits per heavy atom. The fourth-order valence-electron chi connectivity index (χ4n) is 2.04. The van der Waals surface area contributed by atoms with Gasteiger partial charge in [-0.3, -0.25) is 10.1 Å². The van der Waals surface area contributed by atoms with Crippen LogP contribution in [0, 0.1) is 16.0 Å². The van der Waals surface area contributed by atoms with E-state index in [1.807, 2.05) is 14.1 Å². The molecule has 0 radical (unpaired) electrons. The molecule has 1 rings (SSSR count). The maximum atomic E-state index is 10.5. The zero-order valence-electron chi connectivity index (χ0n) is 12.0. The van der Waals surface area contributed by atoms with E-state index < -0.39 is 4.92 Å². The van der Waals surface area contributed by atoms with Gasteiger partial charge in [-0.2, -0.15) is 0 Å². The van der Waals surface area contributed by atoms with Crippen molar-refractivity contribution in [3.05, 3.63) is 28.0 Å². The predicted molar refractivity (Wildman–Crippen MR) is 74.0 cm³/mol. The molecule has 0 amide bonds. The third kappa shape index (κ3) is 5.85. The number of nitrogens with zero attached hydrogens (tertiary/aromatic N) is 2. The lowest BCUT2D eigenvalue weighted by molar-refractivity contribution is -0.402. The Bertz CT molecular complexity index is 392. The van der Waals surface area contributed by atoms with Crippen LogP contribution in [0.15, 0.2) is 16.5 Å². The predicted octanol–water partition coefficient (Wildman–Crippen LogP) is 2.25. The first-order chi connectivity index (χ1) is 8.88. The third-order valence-electron chi connectivity index (χ3n) is 2.73. The van der Waals surface area contributed by atoms with Gasteiger partial charge in [0.15, 0.2) is 0 Å². The van der Waals surface area contributed by atoms with Crippen LogP contribution in [0.2, 0.25) is 0 Å². The van der Waals surface area contributed by atoms with Crippen molar-refractivity contribution in [2.24, 2.45) is 5.92 Å². The van der Waals surface area contributed by atoms with Crippen LogP contribution in [-0.2, 0) is 6.54 Å². The van der Waals surface area contributed by atoms with Crippen LogP contribution in [0.25, 0.3) is 0 Å². The molecule has 1 unspecified atom stereocenters. The molecule has 19 heavy (non-hydrogen) atoms. The van der Waals surface area contributed by atoms with E-state index in [1.165, 1.54) is 6.07 Å². The van der Waals surface area contributed by atoms with Crippen LogP contribution in [0.1, 0.15) is 26.0 Å². The molecule has 1 N–H and O–H groups in total. The molecule has 6 heteroatoms. The van der Waals surface area contributed by atoms with Crippen molar-refractivity contribution < 1.29 is 9.34 Å². The summed E-state index contributed by atoms with van der Waals surface area (Å²) in [5.41, 5.74) is 0. The summed E-state index contributed by atoms with van der Waals surface area (Å²) in [6, 6.07) is 3.38. The van der Waals surface area contributed by atoms with Crippen LogP contribution in [0.5, 0.6) is 0 Å². The molecular formula is C13H23N3O3. The zero-order chi connectivity index (χ0) is 14.4. The van der Waals surface area contributed by atoms with Gasteiger partial charge in [0.1, 0.15) is 10.7 Å². The molecule has 0 aromatic carbocycles.